The molecule has 0 fully saturated rings. The Hall–Kier alpha value is -2.56. The van der Waals surface area contributed by atoms with Gasteiger partial charge in [0.1, 0.15) is 6.04 Å². The predicted molar refractivity (Wildman–Crippen MR) is 73.0 cm³/mol. The van der Waals surface area contributed by atoms with Crippen LogP contribution in [0.2, 0.25) is 0 Å². The van der Waals surface area contributed by atoms with Crippen LogP contribution in [0.25, 0.3) is 0 Å². The van der Waals surface area contributed by atoms with E-state index in [1.165, 1.54) is 23.8 Å². The summed E-state index contributed by atoms with van der Waals surface area (Å²) in [7, 11) is 0. The molecule has 1 atom stereocenters. The molecule has 1 aromatic heterocycles. The van der Waals surface area contributed by atoms with Crippen LogP contribution in [0, 0.1) is 0 Å². The fraction of sp³-hybridized carbons (Fsp3) is 0.200. The summed E-state index contributed by atoms with van der Waals surface area (Å²) < 4.78 is 1.50. The van der Waals surface area contributed by atoms with E-state index in [2.05, 4.69) is 0 Å². The molecule has 0 aliphatic rings. The lowest BCUT2D eigenvalue weighted by Crippen LogP contribution is -2.18. The van der Waals surface area contributed by atoms with E-state index in [0.717, 1.165) is 5.56 Å². The molecule has 104 valence electrons. The maximum Gasteiger partial charge on any atom is 0.337 e. The lowest BCUT2D eigenvalue weighted by atomic mass is 10.1. The van der Waals surface area contributed by atoms with Gasteiger partial charge in [0.2, 0.25) is 0 Å². The lowest BCUT2D eigenvalue weighted by Gasteiger charge is -2.14. The van der Waals surface area contributed by atoms with Crippen LogP contribution >= 0.6 is 0 Å². The summed E-state index contributed by atoms with van der Waals surface area (Å²) in [4.78, 5) is 22.4. The topological polar surface area (TPSA) is 79.5 Å². The van der Waals surface area contributed by atoms with E-state index < -0.39 is 18.0 Å². The quantitative estimate of drug-likeness (QED) is 0.876. The first-order valence-electron chi connectivity index (χ1n) is 6.20. The maximum absolute atomic E-state index is 11.3. The van der Waals surface area contributed by atoms with Crippen LogP contribution in [0.5, 0.6) is 0 Å². The largest absolute Gasteiger partial charge is 0.480 e. The Morgan fingerprint density at radius 3 is 2.35 bits per heavy atom. The van der Waals surface area contributed by atoms with Gasteiger partial charge in [-0.15, -0.1) is 0 Å². The number of carboxylic acid groups (broad SMARTS) is 2. The van der Waals surface area contributed by atoms with E-state index in [9.17, 15) is 14.7 Å². The lowest BCUT2D eigenvalue weighted by molar-refractivity contribution is -0.140. The van der Waals surface area contributed by atoms with Gasteiger partial charge in [-0.1, -0.05) is 30.3 Å². The third-order valence-corrected chi connectivity index (χ3v) is 3.24. The van der Waals surface area contributed by atoms with Crippen molar-refractivity contribution in [2.24, 2.45) is 0 Å². The molecule has 0 aliphatic carbocycles. The second-order valence-electron chi connectivity index (χ2n) is 4.57. The van der Waals surface area contributed by atoms with E-state index in [-0.39, 0.29) is 5.56 Å². The SMILES string of the molecule is CC(C(=O)O)n1ccc(C(=O)O)c1Cc1ccccc1. The van der Waals surface area contributed by atoms with Crippen molar-refractivity contribution in [3.63, 3.8) is 0 Å². The summed E-state index contributed by atoms with van der Waals surface area (Å²) in [6, 6.07) is 10.0. The number of aromatic carboxylic acids is 1. The van der Waals surface area contributed by atoms with Gasteiger partial charge in [0.15, 0.2) is 0 Å². The number of aromatic nitrogens is 1. The Labute approximate surface area is 116 Å². The number of rotatable bonds is 5. The molecule has 2 aromatic rings. The summed E-state index contributed by atoms with van der Waals surface area (Å²) in [6.07, 6.45) is 1.90. The number of carboxylic acids is 2. The van der Waals surface area contributed by atoms with Crippen molar-refractivity contribution in [1.82, 2.24) is 4.57 Å². The summed E-state index contributed by atoms with van der Waals surface area (Å²) in [5, 5.41) is 18.3. The summed E-state index contributed by atoms with van der Waals surface area (Å²) in [5.74, 6) is -2.04. The molecular formula is C15H15NO4. The zero-order chi connectivity index (χ0) is 14.7. The van der Waals surface area contributed by atoms with E-state index in [1.54, 1.807) is 0 Å². The minimum atomic E-state index is -1.05. The van der Waals surface area contributed by atoms with Crippen molar-refractivity contribution in [1.29, 1.82) is 0 Å². The molecule has 20 heavy (non-hydrogen) atoms. The van der Waals surface area contributed by atoms with Gasteiger partial charge in [-0.25, -0.2) is 9.59 Å². The van der Waals surface area contributed by atoms with Gasteiger partial charge in [-0.05, 0) is 18.6 Å². The van der Waals surface area contributed by atoms with Gasteiger partial charge in [0, 0.05) is 18.3 Å². The standard InChI is InChI=1S/C15H15NO4/c1-10(14(17)18)16-8-7-12(15(19)20)13(16)9-11-5-3-2-4-6-11/h2-8,10H,9H2,1H3,(H,17,18)(H,19,20). The Balaban J connectivity index is 2.45. The Kier molecular flexibility index (Phi) is 3.89. The van der Waals surface area contributed by atoms with Crippen molar-refractivity contribution < 1.29 is 19.8 Å². The van der Waals surface area contributed by atoms with E-state index in [4.69, 9.17) is 5.11 Å². The molecule has 0 amide bonds. The predicted octanol–water partition coefficient (Wildman–Crippen LogP) is 2.42. The number of nitrogens with zero attached hydrogens (tertiary/aromatic N) is 1. The normalized spacial score (nSPS) is 12.1. The average molecular weight is 273 g/mol. The third-order valence-electron chi connectivity index (χ3n) is 3.24. The summed E-state index contributed by atoms with van der Waals surface area (Å²) in [6.45, 7) is 1.53. The Morgan fingerprint density at radius 2 is 1.80 bits per heavy atom. The molecule has 0 radical (unpaired) electrons. The van der Waals surface area contributed by atoms with Crippen LogP contribution in [-0.2, 0) is 11.2 Å². The highest BCUT2D eigenvalue weighted by Gasteiger charge is 2.21. The first kappa shape index (κ1) is 13.9. The maximum atomic E-state index is 11.3. The minimum Gasteiger partial charge on any atom is -0.480 e. The number of hydrogen-bond acceptors (Lipinski definition) is 2. The molecule has 5 nitrogen and oxygen atoms in total. The first-order chi connectivity index (χ1) is 9.50. The van der Waals surface area contributed by atoms with Gasteiger partial charge in [0.05, 0.1) is 5.56 Å². The monoisotopic (exact) mass is 273 g/mol. The van der Waals surface area contributed by atoms with Crippen molar-refractivity contribution in [2.75, 3.05) is 0 Å². The van der Waals surface area contributed by atoms with Crippen LogP contribution < -0.4 is 0 Å². The van der Waals surface area contributed by atoms with Gasteiger partial charge in [-0.3, -0.25) is 0 Å². The zero-order valence-electron chi connectivity index (χ0n) is 11.0. The molecule has 1 heterocycles. The minimum absolute atomic E-state index is 0.141. The fourth-order valence-electron chi connectivity index (χ4n) is 2.13. The van der Waals surface area contributed by atoms with Gasteiger partial charge < -0.3 is 14.8 Å². The van der Waals surface area contributed by atoms with Gasteiger partial charge in [-0.2, -0.15) is 0 Å². The first-order valence-corrected chi connectivity index (χ1v) is 6.20. The van der Waals surface area contributed by atoms with E-state index >= 15 is 0 Å². The van der Waals surface area contributed by atoms with E-state index in [0.29, 0.717) is 12.1 Å². The highest BCUT2D eigenvalue weighted by atomic mass is 16.4. The molecule has 1 unspecified atom stereocenters. The van der Waals surface area contributed by atoms with Gasteiger partial charge >= 0.3 is 11.9 Å². The molecule has 0 saturated carbocycles. The summed E-state index contributed by atoms with van der Waals surface area (Å²) in [5.41, 5.74) is 1.58. The highest BCUT2D eigenvalue weighted by molar-refractivity contribution is 5.89. The molecule has 0 aliphatic heterocycles. The van der Waals surface area contributed by atoms with Crippen molar-refractivity contribution >= 4 is 11.9 Å². The van der Waals surface area contributed by atoms with Crippen LogP contribution in [0.3, 0.4) is 0 Å². The smallest absolute Gasteiger partial charge is 0.337 e. The Morgan fingerprint density at radius 1 is 1.15 bits per heavy atom. The number of benzene rings is 1. The van der Waals surface area contributed by atoms with E-state index in [1.807, 2.05) is 30.3 Å². The number of aliphatic carboxylic acids is 1. The molecule has 2 rings (SSSR count). The van der Waals surface area contributed by atoms with Crippen molar-refractivity contribution in [3.05, 3.63) is 59.4 Å². The second kappa shape index (κ2) is 5.61. The average Bonchev–Trinajstić information content (AvgIpc) is 2.82. The van der Waals surface area contributed by atoms with Crippen LogP contribution in [-0.4, -0.2) is 26.7 Å². The van der Waals surface area contributed by atoms with Crippen LogP contribution in [0.4, 0.5) is 0 Å². The summed E-state index contributed by atoms with van der Waals surface area (Å²) >= 11 is 0. The van der Waals surface area contributed by atoms with Crippen LogP contribution in [0.1, 0.15) is 34.6 Å². The zero-order valence-corrected chi connectivity index (χ0v) is 11.0. The molecule has 1 aromatic carbocycles. The van der Waals surface area contributed by atoms with Crippen molar-refractivity contribution in [2.45, 2.75) is 19.4 Å². The molecular weight excluding hydrogens is 258 g/mol. The molecule has 0 saturated heterocycles. The molecule has 0 spiro atoms. The van der Waals surface area contributed by atoms with Crippen molar-refractivity contribution in [3.8, 4) is 0 Å². The second-order valence-corrected chi connectivity index (χ2v) is 4.57. The molecule has 2 N–H and O–H groups in total. The third kappa shape index (κ3) is 2.71. The van der Waals surface area contributed by atoms with Crippen LogP contribution in [0.15, 0.2) is 42.6 Å². The molecule has 5 heteroatoms. The fourth-order valence-corrected chi connectivity index (χ4v) is 2.13. The molecule has 0 bridgehead atoms. The Bertz CT molecular complexity index is 631. The van der Waals surface area contributed by atoms with Gasteiger partial charge in [0.25, 0.3) is 0 Å². The number of carbonyl (C=O) groups is 2. The highest BCUT2D eigenvalue weighted by Crippen LogP contribution is 2.20. The number of hydrogen-bond donors (Lipinski definition) is 2.